The highest BCUT2D eigenvalue weighted by Gasteiger charge is 2.17. The van der Waals surface area contributed by atoms with E-state index in [0.717, 1.165) is 23.3 Å². The number of benzene rings is 1. The zero-order valence-corrected chi connectivity index (χ0v) is 17.1. The number of aryl methyl sites for hydroxylation is 1. The Morgan fingerprint density at radius 1 is 1.10 bits per heavy atom. The molecule has 0 fully saturated rings. The van der Waals surface area contributed by atoms with Crippen LogP contribution in [0.25, 0.3) is 0 Å². The quantitative estimate of drug-likeness (QED) is 0.497. The van der Waals surface area contributed by atoms with Crippen LogP contribution >= 0.6 is 11.3 Å². The lowest BCUT2D eigenvalue weighted by molar-refractivity contribution is -0.119. The molecule has 29 heavy (non-hydrogen) atoms. The van der Waals surface area contributed by atoms with Gasteiger partial charge < -0.3 is 9.73 Å². The molecule has 7 heteroatoms. The predicted octanol–water partition coefficient (Wildman–Crippen LogP) is 4.00. The van der Waals surface area contributed by atoms with E-state index >= 15 is 0 Å². The van der Waals surface area contributed by atoms with Crippen molar-refractivity contribution in [1.82, 2.24) is 16.0 Å². The van der Waals surface area contributed by atoms with Crippen LogP contribution in [-0.4, -0.2) is 18.5 Å². The number of carbonyl (C=O) groups excluding carboxylic acids is 2. The van der Waals surface area contributed by atoms with Crippen molar-refractivity contribution in [3.05, 3.63) is 81.9 Å². The second-order valence-electron chi connectivity index (χ2n) is 6.63. The first-order chi connectivity index (χ1) is 14.2. The highest BCUT2D eigenvalue weighted by Crippen LogP contribution is 2.26. The van der Waals surface area contributed by atoms with E-state index in [1.54, 1.807) is 23.5 Å². The van der Waals surface area contributed by atoms with Gasteiger partial charge in [0.15, 0.2) is 0 Å². The van der Waals surface area contributed by atoms with Crippen LogP contribution < -0.4 is 16.0 Å². The largest absolute Gasteiger partial charge is 0.467 e. The number of nitrogens with one attached hydrogen (secondary N) is 3. The molecule has 0 saturated carbocycles. The molecule has 0 radical (unpaired) electrons. The molecule has 0 aliphatic rings. The van der Waals surface area contributed by atoms with Gasteiger partial charge in [0, 0.05) is 4.88 Å². The van der Waals surface area contributed by atoms with Crippen molar-refractivity contribution in [1.29, 1.82) is 0 Å². The van der Waals surface area contributed by atoms with E-state index in [9.17, 15) is 9.59 Å². The maximum Gasteiger partial charge on any atom is 0.321 e. The van der Waals surface area contributed by atoms with Crippen molar-refractivity contribution in [2.24, 2.45) is 0 Å². The fourth-order valence-corrected chi connectivity index (χ4v) is 3.82. The second kappa shape index (κ2) is 10.6. The Labute approximate surface area is 174 Å². The number of carbonyl (C=O) groups is 2. The van der Waals surface area contributed by atoms with E-state index < -0.39 is 11.9 Å². The molecule has 1 aromatic carbocycles. The van der Waals surface area contributed by atoms with Gasteiger partial charge in [-0.3, -0.25) is 15.4 Å². The summed E-state index contributed by atoms with van der Waals surface area (Å²) in [6, 6.07) is 15.3. The van der Waals surface area contributed by atoms with Crippen LogP contribution in [0.4, 0.5) is 4.79 Å². The van der Waals surface area contributed by atoms with Gasteiger partial charge in [-0.2, -0.15) is 0 Å². The number of furan rings is 1. The molecule has 3 rings (SSSR count). The topological polar surface area (TPSA) is 83.4 Å². The second-order valence-corrected chi connectivity index (χ2v) is 7.61. The van der Waals surface area contributed by atoms with Crippen LogP contribution in [-0.2, 0) is 17.8 Å². The third-order valence-corrected chi connectivity index (χ3v) is 5.34. The third-order valence-electron chi connectivity index (χ3n) is 4.40. The molecular weight excluding hydrogens is 386 g/mol. The minimum atomic E-state index is -0.551. The molecule has 3 amide bonds. The molecule has 3 aromatic rings. The van der Waals surface area contributed by atoms with Crippen LogP contribution in [0, 0.1) is 0 Å². The minimum Gasteiger partial charge on any atom is -0.467 e. The van der Waals surface area contributed by atoms with Crippen molar-refractivity contribution in [2.75, 3.05) is 6.54 Å². The molecule has 0 aliphatic carbocycles. The van der Waals surface area contributed by atoms with Gasteiger partial charge in [0.05, 0.1) is 25.4 Å². The Hall–Kier alpha value is -2.90. The van der Waals surface area contributed by atoms with Gasteiger partial charge in [-0.15, -0.1) is 11.3 Å². The van der Waals surface area contributed by atoms with Gasteiger partial charge in [0.2, 0.25) is 5.91 Å². The standard InChI is InChI=1S/C22H25N3O3S/c1-2-5-16-8-10-17(11-9-16)21(19-7-4-13-29-19)23-15-20(26)25-22(27)24-14-18-6-3-12-28-18/h3-4,6-13,21,23H,2,5,14-15H2,1H3,(H2,24,25,26,27)/t21-/m0/s1. The molecule has 3 N–H and O–H groups in total. The van der Waals surface area contributed by atoms with Gasteiger partial charge in [-0.1, -0.05) is 43.7 Å². The number of urea groups is 1. The lowest BCUT2D eigenvalue weighted by Crippen LogP contribution is -2.43. The lowest BCUT2D eigenvalue weighted by Gasteiger charge is -2.18. The maximum absolute atomic E-state index is 12.2. The molecule has 0 saturated heterocycles. The predicted molar refractivity (Wildman–Crippen MR) is 114 cm³/mol. The van der Waals surface area contributed by atoms with Crippen molar-refractivity contribution in [3.8, 4) is 0 Å². The summed E-state index contributed by atoms with van der Waals surface area (Å²) >= 11 is 1.63. The number of rotatable bonds is 9. The average molecular weight is 412 g/mol. The first kappa shape index (κ1) is 20.8. The Bertz CT molecular complexity index is 890. The normalized spacial score (nSPS) is 11.8. The van der Waals surface area contributed by atoms with Crippen LogP contribution in [0.5, 0.6) is 0 Å². The highest BCUT2D eigenvalue weighted by atomic mass is 32.1. The van der Waals surface area contributed by atoms with Crippen LogP contribution in [0.15, 0.2) is 64.6 Å². The summed E-state index contributed by atoms with van der Waals surface area (Å²) in [5, 5.41) is 10.2. The Morgan fingerprint density at radius 3 is 2.59 bits per heavy atom. The Morgan fingerprint density at radius 2 is 1.93 bits per heavy atom. The molecule has 2 heterocycles. The molecule has 0 unspecified atom stereocenters. The number of imide groups is 1. The lowest BCUT2D eigenvalue weighted by atomic mass is 10.0. The average Bonchev–Trinajstić information content (AvgIpc) is 3.42. The van der Waals surface area contributed by atoms with Gasteiger partial charge >= 0.3 is 6.03 Å². The fourth-order valence-electron chi connectivity index (χ4n) is 2.99. The SMILES string of the molecule is CCCc1ccc([C@H](NCC(=O)NC(=O)NCc2ccco2)c2cccs2)cc1. The van der Waals surface area contributed by atoms with E-state index in [1.165, 1.54) is 11.8 Å². The van der Waals surface area contributed by atoms with E-state index in [1.807, 2.05) is 17.5 Å². The molecule has 0 bridgehead atoms. The number of amides is 3. The van der Waals surface area contributed by atoms with Gasteiger partial charge in [-0.05, 0) is 41.1 Å². The third kappa shape index (κ3) is 6.30. The van der Waals surface area contributed by atoms with E-state index in [0.29, 0.717) is 5.76 Å². The molecule has 1 atom stereocenters. The van der Waals surface area contributed by atoms with Crippen LogP contribution in [0.2, 0.25) is 0 Å². The van der Waals surface area contributed by atoms with Crippen molar-refractivity contribution >= 4 is 23.3 Å². The zero-order chi connectivity index (χ0) is 20.5. The number of hydrogen-bond acceptors (Lipinski definition) is 5. The summed E-state index contributed by atoms with van der Waals surface area (Å²) < 4.78 is 5.14. The monoisotopic (exact) mass is 411 g/mol. The summed E-state index contributed by atoms with van der Waals surface area (Å²) in [4.78, 5) is 25.2. The summed E-state index contributed by atoms with van der Waals surface area (Å²) in [5.74, 6) is 0.223. The number of thiophene rings is 1. The molecule has 0 aliphatic heterocycles. The van der Waals surface area contributed by atoms with E-state index in [2.05, 4.69) is 47.1 Å². The van der Waals surface area contributed by atoms with Crippen molar-refractivity contribution in [2.45, 2.75) is 32.4 Å². The van der Waals surface area contributed by atoms with Crippen LogP contribution in [0.3, 0.4) is 0 Å². The number of hydrogen-bond donors (Lipinski definition) is 3. The van der Waals surface area contributed by atoms with E-state index in [-0.39, 0.29) is 19.1 Å². The van der Waals surface area contributed by atoms with Crippen LogP contribution in [0.1, 0.15) is 41.2 Å². The molecule has 0 spiro atoms. The summed E-state index contributed by atoms with van der Waals surface area (Å²) in [5.41, 5.74) is 2.38. The molecule has 6 nitrogen and oxygen atoms in total. The maximum atomic E-state index is 12.2. The van der Waals surface area contributed by atoms with Gasteiger partial charge in [0.1, 0.15) is 5.76 Å². The summed E-state index contributed by atoms with van der Waals surface area (Å²) in [6.07, 6.45) is 3.69. The molecule has 2 aromatic heterocycles. The molecule has 152 valence electrons. The van der Waals surface area contributed by atoms with Gasteiger partial charge in [0.25, 0.3) is 0 Å². The van der Waals surface area contributed by atoms with Crippen molar-refractivity contribution < 1.29 is 14.0 Å². The minimum absolute atomic E-state index is 0.0213. The van der Waals surface area contributed by atoms with Gasteiger partial charge in [-0.25, -0.2) is 4.79 Å². The summed E-state index contributed by atoms with van der Waals surface area (Å²) in [6.45, 7) is 2.40. The highest BCUT2D eigenvalue weighted by molar-refractivity contribution is 7.10. The molecular formula is C22H25N3O3S. The Balaban J connectivity index is 1.55. The van der Waals surface area contributed by atoms with Crippen molar-refractivity contribution in [3.63, 3.8) is 0 Å². The fraction of sp³-hybridized carbons (Fsp3) is 0.273. The zero-order valence-electron chi connectivity index (χ0n) is 16.3. The Kier molecular flexibility index (Phi) is 7.61. The van der Waals surface area contributed by atoms with E-state index in [4.69, 9.17) is 4.42 Å². The first-order valence-electron chi connectivity index (χ1n) is 9.61. The summed E-state index contributed by atoms with van der Waals surface area (Å²) in [7, 11) is 0. The first-order valence-corrected chi connectivity index (χ1v) is 10.5. The smallest absolute Gasteiger partial charge is 0.321 e.